The smallest absolute Gasteiger partial charge is 0.341 e. The topological polar surface area (TPSA) is 144 Å². The van der Waals surface area contributed by atoms with E-state index in [1.807, 2.05) is 4.90 Å². The summed E-state index contributed by atoms with van der Waals surface area (Å²) in [5.41, 5.74) is 5.97. The molecule has 0 bridgehead atoms. The minimum Gasteiger partial charge on any atom is -0.493 e. The first-order valence-electron chi connectivity index (χ1n) is 13.1. The summed E-state index contributed by atoms with van der Waals surface area (Å²) in [5.74, 6) is -2.02. The molecule has 2 aromatic heterocycles. The number of aromatic hydroxyl groups is 1. The molecule has 12 nitrogen and oxygen atoms in total. The molecule has 0 spiro atoms. The number of nitrogens with one attached hydrogen (secondary N) is 2. The molecule has 0 atom stereocenters. The van der Waals surface area contributed by atoms with Crippen molar-refractivity contribution in [2.24, 2.45) is 5.18 Å². The first-order chi connectivity index (χ1) is 20.2. The van der Waals surface area contributed by atoms with Gasteiger partial charge >= 0.3 is 5.97 Å². The molecule has 2 fully saturated rings. The minimum absolute atomic E-state index is 0.0559. The number of benzene rings is 2. The number of fused-ring (bicyclic) bond motifs is 2. The van der Waals surface area contributed by atoms with Crippen LogP contribution in [0.3, 0.4) is 0 Å². The van der Waals surface area contributed by atoms with E-state index in [1.54, 1.807) is 33.4 Å². The molecule has 3 heterocycles. The van der Waals surface area contributed by atoms with E-state index in [0.29, 0.717) is 60.0 Å². The third kappa shape index (κ3) is 5.01. The molecule has 4 aromatic rings. The average molecular weight is 614 g/mol. The number of nitroso groups, excluding NO2 is 1. The van der Waals surface area contributed by atoms with Crippen molar-refractivity contribution in [1.82, 2.24) is 19.5 Å². The van der Waals surface area contributed by atoms with Crippen molar-refractivity contribution in [2.45, 2.75) is 25.6 Å². The van der Waals surface area contributed by atoms with Gasteiger partial charge in [-0.15, -0.1) is 4.91 Å². The van der Waals surface area contributed by atoms with Crippen LogP contribution >= 0.6 is 23.8 Å². The van der Waals surface area contributed by atoms with Crippen molar-refractivity contribution < 1.29 is 19.4 Å². The Labute approximate surface area is 247 Å². The lowest BCUT2D eigenvalue weighted by atomic mass is 10.1. The molecular formula is C27H25ClFN7O5S. The van der Waals surface area contributed by atoms with Gasteiger partial charge in [-0.2, -0.15) is 0 Å². The van der Waals surface area contributed by atoms with Gasteiger partial charge in [-0.05, 0) is 55.4 Å². The van der Waals surface area contributed by atoms with Crippen molar-refractivity contribution in [1.29, 1.82) is 0 Å². The summed E-state index contributed by atoms with van der Waals surface area (Å²) >= 11 is 11.0. The highest BCUT2D eigenvalue weighted by molar-refractivity contribution is 7.80. The number of carboxylic acids is 1. The second-order valence-corrected chi connectivity index (χ2v) is 11.1. The van der Waals surface area contributed by atoms with Crippen molar-refractivity contribution >= 4 is 68.1 Å². The quantitative estimate of drug-likeness (QED) is 0.136. The number of carbonyl (C=O) groups is 1. The molecule has 2 aromatic carbocycles. The number of thiocarbonyl (C=S) groups is 1. The Morgan fingerprint density at radius 2 is 1.86 bits per heavy atom. The highest BCUT2D eigenvalue weighted by Gasteiger charge is 2.29. The lowest BCUT2D eigenvalue weighted by molar-refractivity contribution is 0.0695. The lowest BCUT2D eigenvalue weighted by Gasteiger charge is -2.36. The van der Waals surface area contributed by atoms with Gasteiger partial charge in [0.25, 0.3) is 5.11 Å². The van der Waals surface area contributed by atoms with E-state index in [1.165, 1.54) is 6.20 Å². The highest BCUT2D eigenvalue weighted by Crippen LogP contribution is 2.39. The number of carboxylic acid groups (broad SMARTS) is 1. The highest BCUT2D eigenvalue weighted by atomic mass is 35.5. The maximum Gasteiger partial charge on any atom is 0.341 e. The monoisotopic (exact) mass is 613 g/mol. The maximum atomic E-state index is 15.4. The van der Waals surface area contributed by atoms with Crippen molar-refractivity contribution in [3.63, 3.8) is 0 Å². The van der Waals surface area contributed by atoms with Crippen molar-refractivity contribution in [3.05, 3.63) is 68.1 Å². The fraction of sp³-hybridized carbons (Fsp3) is 0.296. The van der Waals surface area contributed by atoms with Gasteiger partial charge < -0.3 is 19.7 Å². The van der Waals surface area contributed by atoms with Crippen LogP contribution in [0.2, 0.25) is 5.02 Å². The largest absolute Gasteiger partial charge is 0.493 e. The summed E-state index contributed by atoms with van der Waals surface area (Å²) in [6.07, 6.45) is 3.10. The van der Waals surface area contributed by atoms with Crippen LogP contribution in [0.15, 0.2) is 46.5 Å². The normalized spacial score (nSPS) is 15.7. The van der Waals surface area contributed by atoms with E-state index < -0.39 is 17.2 Å². The van der Waals surface area contributed by atoms with Crippen molar-refractivity contribution in [2.75, 3.05) is 36.5 Å². The van der Waals surface area contributed by atoms with E-state index in [-0.39, 0.29) is 33.7 Å². The van der Waals surface area contributed by atoms with Gasteiger partial charge in [0.05, 0.1) is 23.4 Å². The van der Waals surface area contributed by atoms with Crippen molar-refractivity contribution in [3.8, 4) is 5.88 Å². The molecule has 15 heteroatoms. The minimum atomic E-state index is -1.33. The number of rotatable bonds is 7. The Hall–Kier alpha value is -4.27. The molecule has 1 aliphatic heterocycles. The summed E-state index contributed by atoms with van der Waals surface area (Å²) in [7, 11) is 0. The molecular weight excluding hydrogens is 589 g/mol. The summed E-state index contributed by atoms with van der Waals surface area (Å²) < 4.78 is 18.8. The SMILES string of the molecule is O=NC(=S)NNc1c(O)n(CN2CCN(c3cc4c(cc3F)c(=O)c(C(=O)O)cn4C3CC3)CC2)c2ccc(Cl)cc12. The van der Waals surface area contributed by atoms with E-state index >= 15 is 4.39 Å². The zero-order chi connectivity index (χ0) is 29.7. The fourth-order valence-electron chi connectivity index (χ4n) is 5.46. The van der Waals surface area contributed by atoms with E-state index in [9.17, 15) is 24.7 Å². The molecule has 1 aliphatic carbocycles. The molecule has 1 saturated carbocycles. The number of nitrogens with zero attached hydrogens (tertiary/aromatic N) is 5. The molecule has 4 N–H and O–H groups in total. The number of pyridine rings is 1. The summed E-state index contributed by atoms with van der Waals surface area (Å²) in [6, 6.07) is 8.03. The Balaban J connectivity index is 1.24. The Bertz CT molecular complexity index is 1830. The molecule has 0 radical (unpaired) electrons. The molecule has 0 unspecified atom stereocenters. The Morgan fingerprint density at radius 3 is 2.52 bits per heavy atom. The number of hydrogen-bond acceptors (Lipinski definition) is 8. The van der Waals surface area contributed by atoms with Gasteiger partial charge in [0.1, 0.15) is 17.1 Å². The van der Waals surface area contributed by atoms with Crippen LogP contribution in [0.5, 0.6) is 5.88 Å². The van der Waals surface area contributed by atoms with E-state index in [2.05, 4.69) is 20.9 Å². The first kappa shape index (κ1) is 27.9. The van der Waals surface area contributed by atoms with Gasteiger partial charge in [0.15, 0.2) is 0 Å². The van der Waals surface area contributed by atoms with Gasteiger partial charge in [0.2, 0.25) is 11.3 Å². The molecule has 42 heavy (non-hydrogen) atoms. The second-order valence-electron chi connectivity index (χ2n) is 10.3. The molecule has 0 amide bonds. The average Bonchev–Trinajstić information content (AvgIpc) is 3.78. The van der Waals surface area contributed by atoms with Crippen LogP contribution in [0.4, 0.5) is 15.8 Å². The predicted octanol–water partition coefficient (Wildman–Crippen LogP) is 4.23. The third-order valence-electron chi connectivity index (χ3n) is 7.70. The van der Waals surface area contributed by atoms with Crippen LogP contribution < -0.4 is 21.2 Å². The maximum absolute atomic E-state index is 15.4. The van der Waals surface area contributed by atoms with Crippen LogP contribution in [0.25, 0.3) is 21.8 Å². The number of hydrazine groups is 1. The van der Waals surface area contributed by atoms with Crippen LogP contribution in [0, 0.1) is 10.7 Å². The fourth-order valence-corrected chi connectivity index (χ4v) is 5.68. The van der Waals surface area contributed by atoms with Crippen LogP contribution in [0.1, 0.15) is 29.2 Å². The molecule has 218 valence electrons. The van der Waals surface area contributed by atoms with E-state index in [0.717, 1.165) is 18.9 Å². The molecule has 6 rings (SSSR count). The summed E-state index contributed by atoms with van der Waals surface area (Å²) in [6.45, 7) is 2.34. The standard InChI is InChI=1S/C27H25ClFN7O5S/c28-14-1-4-20-16(9-14)23(30-31-27(42)32-41)25(38)36(20)13-33-5-7-34(8-6-33)22-11-21-17(10-19(22)29)24(37)18(26(39)40)12-35(21)15-2-3-15/h1,4,9-12,15,30,38H,2-3,5-8,13H2,(H,31,42)(H,39,40). The zero-order valence-corrected chi connectivity index (χ0v) is 23.6. The van der Waals surface area contributed by atoms with Gasteiger partial charge in [0, 0.05) is 59.4 Å². The van der Waals surface area contributed by atoms with Gasteiger partial charge in [-0.25, -0.2) is 9.18 Å². The Morgan fingerprint density at radius 1 is 1.12 bits per heavy atom. The Kier molecular flexibility index (Phi) is 7.20. The van der Waals surface area contributed by atoms with Crippen LogP contribution in [-0.2, 0) is 6.67 Å². The van der Waals surface area contributed by atoms with Gasteiger partial charge in [-0.1, -0.05) is 11.6 Å². The lowest BCUT2D eigenvalue weighted by Crippen LogP contribution is -2.47. The number of aromatic nitrogens is 2. The number of aromatic carboxylic acids is 1. The number of anilines is 2. The summed E-state index contributed by atoms with van der Waals surface area (Å²) in [5, 5.41) is 24.0. The number of piperazine rings is 1. The first-order valence-corrected chi connectivity index (χ1v) is 13.9. The number of hydrogen-bond donors (Lipinski definition) is 4. The zero-order valence-electron chi connectivity index (χ0n) is 22.0. The van der Waals surface area contributed by atoms with E-state index in [4.69, 9.17) is 23.8 Å². The third-order valence-corrected chi connectivity index (χ3v) is 8.11. The van der Waals surface area contributed by atoms with Gasteiger partial charge in [-0.3, -0.25) is 25.1 Å². The number of halogens is 2. The van der Waals surface area contributed by atoms with Crippen LogP contribution in [-0.4, -0.2) is 61.5 Å². The summed E-state index contributed by atoms with van der Waals surface area (Å²) in [4.78, 5) is 39.1. The predicted molar refractivity (Wildman–Crippen MR) is 161 cm³/mol. The second kappa shape index (κ2) is 10.9. The molecule has 1 saturated heterocycles. The molecule has 2 aliphatic rings.